The summed E-state index contributed by atoms with van der Waals surface area (Å²) >= 11 is 0. The van der Waals surface area contributed by atoms with Crippen LogP contribution in [0.4, 0.5) is 4.39 Å². The van der Waals surface area contributed by atoms with E-state index in [-0.39, 0.29) is 23.2 Å². The van der Waals surface area contributed by atoms with Gasteiger partial charge in [0.25, 0.3) is 0 Å². The molecule has 1 unspecified atom stereocenters. The molecule has 1 aliphatic rings. The summed E-state index contributed by atoms with van der Waals surface area (Å²) in [4.78, 5) is 20.0. The second kappa shape index (κ2) is 11.2. The molecule has 5 nitrogen and oxygen atoms in total. The minimum absolute atomic E-state index is 0.00476. The van der Waals surface area contributed by atoms with Gasteiger partial charge in [-0.1, -0.05) is 30.9 Å². The fraction of sp³-hybridized carbons (Fsp3) is 0.407. The molecule has 33 heavy (non-hydrogen) atoms. The quantitative estimate of drug-likeness (QED) is 0.430. The highest BCUT2D eigenvalue weighted by Gasteiger charge is 2.34. The number of ether oxygens (including phenoxy) is 1. The van der Waals surface area contributed by atoms with Crippen molar-refractivity contribution >= 4 is 5.91 Å². The number of carbonyl (C=O) groups is 1. The molecule has 0 radical (unpaired) electrons. The van der Waals surface area contributed by atoms with E-state index < -0.39 is 6.04 Å². The summed E-state index contributed by atoms with van der Waals surface area (Å²) in [5.74, 6) is 0.270. The minimum Gasteiger partial charge on any atom is -0.492 e. The van der Waals surface area contributed by atoms with Crippen LogP contribution in [0.5, 0.6) is 0 Å². The highest BCUT2D eigenvalue weighted by atomic mass is 19.1. The zero-order chi connectivity index (χ0) is 23.8. The Kier molecular flexibility index (Phi) is 8.39. The molecule has 1 atom stereocenters. The van der Waals surface area contributed by atoms with Crippen LogP contribution < -0.4 is 5.32 Å². The molecule has 1 saturated heterocycles. The highest BCUT2D eigenvalue weighted by Crippen LogP contribution is 2.27. The molecule has 1 aromatic heterocycles. The smallest absolute Gasteiger partial charge is 0.224 e. The van der Waals surface area contributed by atoms with Gasteiger partial charge in [-0.05, 0) is 82.6 Å². The summed E-state index contributed by atoms with van der Waals surface area (Å²) in [5, 5.41) is 3.16. The number of nitrogens with one attached hydrogen (secondary N) is 1. The molecule has 2 heterocycles. The lowest BCUT2D eigenvalue weighted by Crippen LogP contribution is -2.52. The monoisotopic (exact) mass is 451 g/mol. The van der Waals surface area contributed by atoms with Crippen molar-refractivity contribution in [3.63, 3.8) is 0 Å². The summed E-state index contributed by atoms with van der Waals surface area (Å²) in [6.07, 6.45) is 6.99. The number of benzene rings is 1. The maximum Gasteiger partial charge on any atom is 0.224 e. The lowest BCUT2D eigenvalue weighted by molar-refractivity contribution is -0.127. The van der Waals surface area contributed by atoms with Gasteiger partial charge in [0, 0.05) is 17.7 Å². The van der Waals surface area contributed by atoms with Crippen LogP contribution in [-0.2, 0) is 9.53 Å². The third kappa shape index (κ3) is 6.75. The van der Waals surface area contributed by atoms with Crippen LogP contribution in [0.15, 0.2) is 73.2 Å². The molecule has 6 heteroatoms. The van der Waals surface area contributed by atoms with Gasteiger partial charge < -0.3 is 10.1 Å². The van der Waals surface area contributed by atoms with Gasteiger partial charge in [-0.3, -0.25) is 14.7 Å². The Morgan fingerprint density at radius 2 is 1.97 bits per heavy atom. The van der Waals surface area contributed by atoms with Gasteiger partial charge in [0.1, 0.15) is 18.2 Å². The number of likely N-dealkylation sites (tertiary alicyclic amines) is 1. The normalized spacial score (nSPS) is 16.5. The Morgan fingerprint density at radius 3 is 2.58 bits per heavy atom. The Balaban J connectivity index is 1.62. The molecule has 0 aliphatic carbocycles. The average molecular weight is 452 g/mol. The van der Waals surface area contributed by atoms with Crippen LogP contribution in [0, 0.1) is 11.7 Å². The second-order valence-electron chi connectivity index (χ2n) is 9.08. The van der Waals surface area contributed by atoms with E-state index >= 15 is 0 Å². The summed E-state index contributed by atoms with van der Waals surface area (Å²) in [6.45, 7) is 12.3. The van der Waals surface area contributed by atoms with Gasteiger partial charge in [-0.2, -0.15) is 0 Å². The molecule has 1 N–H and O–H groups in total. The molecule has 1 fully saturated rings. The average Bonchev–Trinajstić information content (AvgIpc) is 2.83. The van der Waals surface area contributed by atoms with Crippen molar-refractivity contribution in [2.45, 2.75) is 45.2 Å². The van der Waals surface area contributed by atoms with Gasteiger partial charge in [-0.15, -0.1) is 0 Å². The van der Waals surface area contributed by atoms with E-state index in [4.69, 9.17) is 4.74 Å². The Hall–Kier alpha value is -2.99. The van der Waals surface area contributed by atoms with Crippen LogP contribution in [0.1, 0.15) is 50.9 Å². The van der Waals surface area contributed by atoms with Crippen molar-refractivity contribution in [3.8, 4) is 0 Å². The number of hydrogen-bond acceptors (Lipinski definition) is 4. The first-order valence-electron chi connectivity index (χ1n) is 11.5. The molecule has 3 rings (SSSR count). The third-order valence-electron chi connectivity index (χ3n) is 6.16. The van der Waals surface area contributed by atoms with E-state index in [9.17, 15) is 9.18 Å². The van der Waals surface area contributed by atoms with Crippen LogP contribution in [0.2, 0.25) is 0 Å². The lowest BCUT2D eigenvalue weighted by atomic mass is 9.91. The third-order valence-corrected chi connectivity index (χ3v) is 6.16. The summed E-state index contributed by atoms with van der Waals surface area (Å²) in [7, 11) is 0. The van der Waals surface area contributed by atoms with Gasteiger partial charge in [0.15, 0.2) is 0 Å². The SMILES string of the molecule is C=C(/C=C\C)OCC(C)(C)N1CCC(C(=O)NC(c2ccc(F)cc2)c2ccccn2)CC1. The van der Waals surface area contributed by atoms with Crippen LogP contribution >= 0.6 is 0 Å². The number of allylic oxidation sites excluding steroid dienone is 2. The number of rotatable bonds is 9. The van der Waals surface area contributed by atoms with Crippen molar-refractivity contribution in [1.82, 2.24) is 15.2 Å². The van der Waals surface area contributed by atoms with E-state index in [1.54, 1.807) is 18.3 Å². The number of aromatic nitrogens is 1. The molecule has 1 amide bonds. The first-order chi connectivity index (χ1) is 15.8. The van der Waals surface area contributed by atoms with Crippen LogP contribution in [0.3, 0.4) is 0 Å². The summed E-state index contributed by atoms with van der Waals surface area (Å²) < 4.78 is 19.2. The number of nitrogens with zero attached hydrogens (tertiary/aromatic N) is 2. The number of hydrogen-bond donors (Lipinski definition) is 1. The zero-order valence-electron chi connectivity index (χ0n) is 19.8. The fourth-order valence-corrected chi connectivity index (χ4v) is 4.13. The highest BCUT2D eigenvalue weighted by molar-refractivity contribution is 5.79. The van der Waals surface area contributed by atoms with Gasteiger partial charge in [0.2, 0.25) is 5.91 Å². The van der Waals surface area contributed by atoms with E-state index in [1.165, 1.54) is 12.1 Å². The van der Waals surface area contributed by atoms with Crippen molar-refractivity contribution in [2.24, 2.45) is 5.92 Å². The number of piperidine rings is 1. The maximum absolute atomic E-state index is 13.5. The molecule has 0 spiro atoms. The molecule has 1 aromatic carbocycles. The van der Waals surface area contributed by atoms with Crippen molar-refractivity contribution in [3.05, 3.63) is 90.2 Å². The molecular weight excluding hydrogens is 417 g/mol. The van der Waals surface area contributed by atoms with E-state index in [0.717, 1.165) is 37.2 Å². The van der Waals surface area contributed by atoms with Crippen molar-refractivity contribution in [2.75, 3.05) is 19.7 Å². The Labute approximate surface area is 196 Å². The number of pyridine rings is 1. The standard InChI is InChI=1S/C27H34FN3O2/c1-5-8-20(2)33-19-27(3,4)31-17-14-22(15-18-31)26(32)30-25(24-9-6-7-16-29-24)21-10-12-23(28)13-11-21/h5-13,16,22,25H,2,14-15,17-19H2,1,3-4H3,(H,30,32)/b8-5-. The first-order valence-corrected chi connectivity index (χ1v) is 11.5. The minimum atomic E-state index is -0.417. The second-order valence-corrected chi connectivity index (χ2v) is 9.08. The Bertz CT molecular complexity index is 949. The van der Waals surface area contributed by atoms with Gasteiger partial charge in [0.05, 0.1) is 11.7 Å². The molecule has 2 aromatic rings. The number of carbonyl (C=O) groups excluding carboxylic acids is 1. The van der Waals surface area contributed by atoms with E-state index in [2.05, 4.69) is 35.6 Å². The van der Waals surface area contributed by atoms with E-state index in [1.807, 2.05) is 37.3 Å². The Morgan fingerprint density at radius 1 is 1.27 bits per heavy atom. The van der Waals surface area contributed by atoms with Crippen LogP contribution in [-0.4, -0.2) is 41.0 Å². The topological polar surface area (TPSA) is 54.5 Å². The van der Waals surface area contributed by atoms with Gasteiger partial charge in [-0.25, -0.2) is 4.39 Å². The van der Waals surface area contributed by atoms with Crippen molar-refractivity contribution in [1.29, 1.82) is 0 Å². The number of amides is 1. The van der Waals surface area contributed by atoms with Crippen LogP contribution in [0.25, 0.3) is 0 Å². The van der Waals surface area contributed by atoms with E-state index in [0.29, 0.717) is 12.4 Å². The zero-order valence-corrected chi connectivity index (χ0v) is 19.8. The van der Waals surface area contributed by atoms with Crippen molar-refractivity contribution < 1.29 is 13.9 Å². The fourth-order valence-electron chi connectivity index (χ4n) is 4.13. The predicted octanol–water partition coefficient (Wildman–Crippen LogP) is 5.02. The molecule has 176 valence electrons. The first kappa shape index (κ1) is 24.6. The largest absolute Gasteiger partial charge is 0.492 e. The van der Waals surface area contributed by atoms with Gasteiger partial charge >= 0.3 is 0 Å². The summed E-state index contributed by atoms with van der Waals surface area (Å²) in [5.41, 5.74) is 1.38. The maximum atomic E-state index is 13.5. The molecule has 1 aliphatic heterocycles. The molecule has 0 saturated carbocycles. The predicted molar refractivity (Wildman–Crippen MR) is 129 cm³/mol. The molecule has 0 bridgehead atoms. The lowest BCUT2D eigenvalue weighted by Gasteiger charge is -2.42. The summed E-state index contributed by atoms with van der Waals surface area (Å²) in [6, 6.07) is 11.4. The number of halogens is 1. The molecular formula is C27H34FN3O2.